The highest BCUT2D eigenvalue weighted by Gasteiger charge is 2.19. The number of hydrogen-bond donors (Lipinski definition) is 0. The van der Waals surface area contributed by atoms with E-state index in [1.165, 1.54) is 57.8 Å². The summed E-state index contributed by atoms with van der Waals surface area (Å²) in [6, 6.07) is 0. The molecular formula is C16H33Cl. The van der Waals surface area contributed by atoms with Crippen LogP contribution in [0.3, 0.4) is 0 Å². The van der Waals surface area contributed by atoms with Crippen molar-refractivity contribution in [2.24, 2.45) is 5.41 Å². The Hall–Kier alpha value is 0.290. The molecule has 0 nitrogen and oxygen atoms in total. The average molecular weight is 261 g/mol. The highest BCUT2D eigenvalue weighted by atomic mass is 35.5. The molecule has 0 aliphatic carbocycles. The molecule has 0 fully saturated rings. The minimum absolute atomic E-state index is 0.319. The van der Waals surface area contributed by atoms with Gasteiger partial charge in [0.25, 0.3) is 0 Å². The van der Waals surface area contributed by atoms with Gasteiger partial charge in [0, 0.05) is 5.38 Å². The Labute approximate surface area is 115 Å². The largest absolute Gasteiger partial charge is 0.123 e. The van der Waals surface area contributed by atoms with Crippen LogP contribution in [0.2, 0.25) is 0 Å². The first-order valence-corrected chi connectivity index (χ1v) is 8.05. The Morgan fingerprint density at radius 3 is 1.82 bits per heavy atom. The van der Waals surface area contributed by atoms with Gasteiger partial charge in [0.1, 0.15) is 0 Å². The molecule has 0 N–H and O–H groups in total. The van der Waals surface area contributed by atoms with Crippen LogP contribution >= 0.6 is 11.6 Å². The van der Waals surface area contributed by atoms with E-state index in [9.17, 15) is 0 Å². The second-order valence-corrected chi connectivity index (χ2v) is 7.12. The topological polar surface area (TPSA) is 0 Å². The molecule has 0 aromatic carbocycles. The van der Waals surface area contributed by atoms with Crippen molar-refractivity contribution in [1.82, 2.24) is 0 Å². The standard InChI is InChI=1S/C16H33Cl/c1-5-6-7-8-9-10-11-12-13-16(3,4)14-15(2)17/h15H,5-14H2,1-4H3. The zero-order valence-electron chi connectivity index (χ0n) is 12.5. The summed E-state index contributed by atoms with van der Waals surface area (Å²) < 4.78 is 0. The molecule has 1 unspecified atom stereocenters. The van der Waals surface area contributed by atoms with Crippen LogP contribution in [0.1, 0.15) is 91.9 Å². The molecule has 0 aliphatic heterocycles. The van der Waals surface area contributed by atoms with Crippen LogP contribution in [0.15, 0.2) is 0 Å². The fourth-order valence-electron chi connectivity index (χ4n) is 2.60. The summed E-state index contributed by atoms with van der Waals surface area (Å²) in [7, 11) is 0. The third-order valence-electron chi connectivity index (χ3n) is 3.54. The van der Waals surface area contributed by atoms with Crippen molar-refractivity contribution >= 4 is 11.6 Å². The minimum Gasteiger partial charge on any atom is -0.123 e. The first-order valence-electron chi connectivity index (χ1n) is 7.62. The van der Waals surface area contributed by atoms with Crippen LogP contribution < -0.4 is 0 Å². The Kier molecular flexibility index (Phi) is 10.4. The molecule has 0 rings (SSSR count). The predicted molar refractivity (Wildman–Crippen MR) is 80.9 cm³/mol. The maximum atomic E-state index is 6.07. The third-order valence-corrected chi connectivity index (χ3v) is 3.70. The summed E-state index contributed by atoms with van der Waals surface area (Å²) in [5.74, 6) is 0. The van der Waals surface area contributed by atoms with Gasteiger partial charge in [0.2, 0.25) is 0 Å². The van der Waals surface area contributed by atoms with Gasteiger partial charge in [0.15, 0.2) is 0 Å². The van der Waals surface area contributed by atoms with Gasteiger partial charge in [-0.2, -0.15) is 0 Å². The lowest BCUT2D eigenvalue weighted by Crippen LogP contribution is -2.15. The summed E-state index contributed by atoms with van der Waals surface area (Å²) in [4.78, 5) is 0. The molecule has 1 atom stereocenters. The lowest BCUT2D eigenvalue weighted by Gasteiger charge is -2.25. The van der Waals surface area contributed by atoms with E-state index in [4.69, 9.17) is 11.6 Å². The monoisotopic (exact) mass is 260 g/mol. The molecule has 0 spiro atoms. The number of unbranched alkanes of at least 4 members (excludes halogenated alkanes) is 7. The number of halogens is 1. The second-order valence-electron chi connectivity index (χ2n) is 6.37. The van der Waals surface area contributed by atoms with Crippen LogP contribution in [-0.4, -0.2) is 5.38 Å². The fourth-order valence-corrected chi connectivity index (χ4v) is 3.02. The lowest BCUT2D eigenvalue weighted by molar-refractivity contribution is 0.293. The van der Waals surface area contributed by atoms with Crippen molar-refractivity contribution < 1.29 is 0 Å². The van der Waals surface area contributed by atoms with Crippen LogP contribution in [0.4, 0.5) is 0 Å². The van der Waals surface area contributed by atoms with E-state index in [1.807, 2.05) is 0 Å². The zero-order valence-corrected chi connectivity index (χ0v) is 13.3. The maximum Gasteiger partial charge on any atom is 0.0312 e. The highest BCUT2D eigenvalue weighted by molar-refractivity contribution is 6.20. The summed E-state index contributed by atoms with van der Waals surface area (Å²) >= 11 is 6.07. The van der Waals surface area contributed by atoms with Crippen molar-refractivity contribution in [3.05, 3.63) is 0 Å². The molecule has 0 aliphatic rings. The van der Waals surface area contributed by atoms with Crippen molar-refractivity contribution in [3.8, 4) is 0 Å². The maximum absolute atomic E-state index is 6.07. The molecule has 0 amide bonds. The number of hydrogen-bond acceptors (Lipinski definition) is 0. The molecule has 0 saturated heterocycles. The Morgan fingerprint density at radius 2 is 1.35 bits per heavy atom. The van der Waals surface area contributed by atoms with Crippen LogP contribution in [0, 0.1) is 5.41 Å². The van der Waals surface area contributed by atoms with E-state index in [0.717, 1.165) is 6.42 Å². The zero-order chi connectivity index (χ0) is 13.1. The van der Waals surface area contributed by atoms with E-state index < -0.39 is 0 Å². The van der Waals surface area contributed by atoms with Crippen molar-refractivity contribution in [2.45, 2.75) is 97.3 Å². The van der Waals surface area contributed by atoms with E-state index in [2.05, 4.69) is 27.7 Å². The van der Waals surface area contributed by atoms with E-state index >= 15 is 0 Å². The normalized spacial score (nSPS) is 13.9. The molecule has 104 valence electrons. The van der Waals surface area contributed by atoms with Gasteiger partial charge >= 0.3 is 0 Å². The summed E-state index contributed by atoms with van der Waals surface area (Å²) in [6.07, 6.45) is 13.8. The van der Waals surface area contributed by atoms with Gasteiger partial charge in [0.05, 0.1) is 0 Å². The molecule has 0 saturated carbocycles. The second kappa shape index (κ2) is 10.2. The molecular weight excluding hydrogens is 228 g/mol. The summed E-state index contributed by atoms with van der Waals surface area (Å²) in [6.45, 7) is 9.09. The van der Waals surface area contributed by atoms with Crippen LogP contribution in [-0.2, 0) is 0 Å². The predicted octanol–water partition coefficient (Wildman–Crippen LogP) is 6.56. The quantitative estimate of drug-likeness (QED) is 0.291. The highest BCUT2D eigenvalue weighted by Crippen LogP contribution is 2.30. The third kappa shape index (κ3) is 12.5. The summed E-state index contributed by atoms with van der Waals surface area (Å²) in [5, 5.41) is 0.319. The number of alkyl halides is 1. The Morgan fingerprint density at radius 1 is 0.882 bits per heavy atom. The molecule has 0 bridgehead atoms. The summed E-state index contributed by atoms with van der Waals surface area (Å²) in [5.41, 5.74) is 0.434. The first-order chi connectivity index (χ1) is 7.98. The van der Waals surface area contributed by atoms with Gasteiger partial charge in [-0.1, -0.05) is 72.1 Å². The van der Waals surface area contributed by atoms with E-state index in [-0.39, 0.29) is 0 Å². The van der Waals surface area contributed by atoms with Crippen LogP contribution in [0.5, 0.6) is 0 Å². The van der Waals surface area contributed by atoms with E-state index in [1.54, 1.807) is 0 Å². The SMILES string of the molecule is CCCCCCCCCCC(C)(C)CC(C)Cl. The van der Waals surface area contributed by atoms with Crippen LogP contribution in [0.25, 0.3) is 0 Å². The Balaban J connectivity index is 3.32. The molecule has 1 heteroatoms. The van der Waals surface area contributed by atoms with Gasteiger partial charge in [-0.05, 0) is 25.2 Å². The fraction of sp³-hybridized carbons (Fsp3) is 1.00. The van der Waals surface area contributed by atoms with Gasteiger partial charge in [-0.15, -0.1) is 11.6 Å². The minimum atomic E-state index is 0.319. The Bertz CT molecular complexity index is 161. The van der Waals surface area contributed by atoms with Crippen molar-refractivity contribution in [2.75, 3.05) is 0 Å². The van der Waals surface area contributed by atoms with E-state index in [0.29, 0.717) is 10.8 Å². The molecule has 17 heavy (non-hydrogen) atoms. The smallest absolute Gasteiger partial charge is 0.0312 e. The first kappa shape index (κ1) is 17.3. The van der Waals surface area contributed by atoms with Gasteiger partial charge in [-0.25, -0.2) is 0 Å². The molecule has 0 heterocycles. The van der Waals surface area contributed by atoms with Crippen molar-refractivity contribution in [1.29, 1.82) is 0 Å². The average Bonchev–Trinajstić information content (AvgIpc) is 2.20. The molecule has 0 aromatic heterocycles. The van der Waals surface area contributed by atoms with Gasteiger partial charge in [-0.3, -0.25) is 0 Å². The van der Waals surface area contributed by atoms with Crippen molar-refractivity contribution in [3.63, 3.8) is 0 Å². The lowest BCUT2D eigenvalue weighted by atomic mass is 9.82. The number of rotatable bonds is 11. The molecule has 0 aromatic rings. The van der Waals surface area contributed by atoms with Gasteiger partial charge < -0.3 is 0 Å². The molecule has 0 radical (unpaired) electrons.